The van der Waals surface area contributed by atoms with E-state index >= 15 is 0 Å². The maximum absolute atomic E-state index is 3.73. The predicted molar refractivity (Wildman–Crippen MR) is 133 cm³/mol. The van der Waals surface area contributed by atoms with Crippen molar-refractivity contribution in [3.8, 4) is 0 Å². The Morgan fingerprint density at radius 3 is 1.33 bits per heavy atom. The molecule has 0 spiro atoms. The summed E-state index contributed by atoms with van der Waals surface area (Å²) in [4.78, 5) is 2.55. The molecule has 0 amide bonds. The van der Waals surface area contributed by atoms with Crippen LogP contribution in [0.5, 0.6) is 0 Å². The molecule has 0 saturated heterocycles. The minimum Gasteiger partial charge on any atom is -0.337 e. The van der Waals surface area contributed by atoms with Gasteiger partial charge in [0.15, 0.2) is 0 Å². The molecule has 0 aliphatic heterocycles. The number of nitrogens with zero attached hydrogens (tertiary/aromatic N) is 1. The molecule has 0 aromatic heterocycles. The van der Waals surface area contributed by atoms with Crippen LogP contribution in [0.1, 0.15) is 0 Å². The monoisotopic (exact) mass is 834 g/mol. The molecule has 1 atom stereocenters. The molecule has 1 unspecified atom stereocenters. The number of rotatable bonds is 5. The summed E-state index contributed by atoms with van der Waals surface area (Å²) in [7, 11) is 0. The fourth-order valence-corrected chi connectivity index (χ4v) is 7.99. The van der Waals surface area contributed by atoms with Crippen molar-refractivity contribution in [2.24, 2.45) is 0 Å². The second-order valence-electron chi connectivity index (χ2n) is 4.80. The van der Waals surface area contributed by atoms with Crippen LogP contribution in [0.25, 0.3) is 0 Å². The largest absolute Gasteiger partial charge is 0.337 e. The Morgan fingerprint density at radius 1 is 0.708 bits per heavy atom. The maximum Gasteiger partial charge on any atom is 0.0701 e. The lowest BCUT2D eigenvalue weighted by Crippen LogP contribution is -2.27. The number of anilines is 2. The first-order valence-electron chi connectivity index (χ1n) is 6.51. The molecule has 0 heterocycles. The van der Waals surface area contributed by atoms with Crippen molar-refractivity contribution in [3.63, 3.8) is 0 Å². The van der Waals surface area contributed by atoms with Crippen LogP contribution in [0.3, 0.4) is 0 Å². The molecule has 0 N–H and O–H groups in total. The van der Waals surface area contributed by atoms with Crippen molar-refractivity contribution in [1.29, 1.82) is 0 Å². The summed E-state index contributed by atoms with van der Waals surface area (Å²) in [6.45, 7) is 0.781. The SMILES string of the molecule is BrCC(Br)CN(c1c(Br)cc(Br)cc1Br)c1c(Br)cc(Br)cc1Br. The molecule has 0 fully saturated rings. The van der Waals surface area contributed by atoms with Crippen molar-refractivity contribution < 1.29 is 0 Å². The van der Waals surface area contributed by atoms with Crippen molar-refractivity contribution in [3.05, 3.63) is 51.1 Å². The zero-order valence-corrected chi connectivity index (χ0v) is 24.5. The van der Waals surface area contributed by atoms with E-state index in [1.807, 2.05) is 24.3 Å². The van der Waals surface area contributed by atoms with E-state index in [-0.39, 0.29) is 4.83 Å². The molecule has 0 saturated carbocycles. The van der Waals surface area contributed by atoms with Crippen molar-refractivity contribution in [2.45, 2.75) is 4.83 Å². The number of halogens is 8. The van der Waals surface area contributed by atoms with Crippen LogP contribution in [0.15, 0.2) is 51.1 Å². The fraction of sp³-hybridized carbons (Fsp3) is 0.200. The van der Waals surface area contributed by atoms with E-state index in [9.17, 15) is 0 Å². The third kappa shape index (κ3) is 5.55. The summed E-state index contributed by atoms with van der Waals surface area (Å²) in [5, 5.41) is 0.848. The lowest BCUT2D eigenvalue weighted by Gasteiger charge is -2.31. The van der Waals surface area contributed by atoms with Gasteiger partial charge in [0.25, 0.3) is 0 Å². The van der Waals surface area contributed by atoms with E-state index in [1.165, 1.54) is 0 Å². The molecule has 2 aromatic rings. The minimum atomic E-state index is 0.280. The molecular weight excluding hydrogens is 833 g/mol. The minimum absolute atomic E-state index is 0.280. The van der Waals surface area contributed by atoms with Gasteiger partial charge in [-0.2, -0.15) is 0 Å². The van der Waals surface area contributed by atoms with E-state index in [0.29, 0.717) is 0 Å². The molecule has 24 heavy (non-hydrogen) atoms. The normalized spacial score (nSPS) is 12.3. The van der Waals surface area contributed by atoms with E-state index in [4.69, 9.17) is 0 Å². The predicted octanol–water partition coefficient (Wildman–Crippen LogP) is 9.56. The summed E-state index contributed by atoms with van der Waals surface area (Å²) >= 11 is 29.2. The standard InChI is InChI=1S/C15H9Br8N/c16-5-9(19)6-24(14-10(20)1-7(17)2-11(14)21)15-12(22)3-8(18)4-13(15)23/h1-4,9H,5-6H2. The molecule has 1 nitrogen and oxygen atoms in total. The molecule has 2 aromatic carbocycles. The Hall–Kier alpha value is 2.08. The first kappa shape index (κ1) is 22.4. The van der Waals surface area contributed by atoms with Gasteiger partial charge in [-0.25, -0.2) is 0 Å². The number of benzene rings is 2. The van der Waals surface area contributed by atoms with Crippen LogP contribution >= 0.6 is 127 Å². The Kier molecular flexibility index (Phi) is 9.35. The van der Waals surface area contributed by atoms with Gasteiger partial charge < -0.3 is 4.90 Å². The van der Waals surface area contributed by atoms with Gasteiger partial charge in [-0.15, -0.1) is 0 Å². The summed E-state index contributed by atoms with van der Waals surface area (Å²) in [6.07, 6.45) is 0. The van der Waals surface area contributed by atoms with E-state index < -0.39 is 0 Å². The van der Waals surface area contributed by atoms with Gasteiger partial charge in [0.2, 0.25) is 0 Å². The van der Waals surface area contributed by atoms with E-state index in [1.54, 1.807) is 0 Å². The summed E-state index contributed by atoms with van der Waals surface area (Å²) in [5.41, 5.74) is 2.12. The third-order valence-corrected chi connectivity index (χ3v) is 8.65. The van der Waals surface area contributed by atoms with Crippen molar-refractivity contribution in [1.82, 2.24) is 0 Å². The van der Waals surface area contributed by atoms with Gasteiger partial charge in [-0.1, -0.05) is 63.7 Å². The van der Waals surface area contributed by atoms with Gasteiger partial charge in [0.05, 0.1) is 11.4 Å². The smallest absolute Gasteiger partial charge is 0.0701 e. The highest BCUT2D eigenvalue weighted by atomic mass is 79.9. The third-order valence-electron chi connectivity index (χ3n) is 3.05. The van der Waals surface area contributed by atoms with E-state index in [0.717, 1.165) is 50.1 Å². The van der Waals surface area contributed by atoms with Crippen molar-refractivity contribution in [2.75, 3.05) is 16.8 Å². The molecule has 130 valence electrons. The quantitative estimate of drug-likeness (QED) is 0.272. The number of hydrogen-bond donors (Lipinski definition) is 0. The summed E-state index contributed by atoms with van der Waals surface area (Å²) < 4.78 is 6.02. The molecule has 0 bridgehead atoms. The average Bonchev–Trinajstić information content (AvgIpc) is 2.44. The van der Waals surface area contributed by atoms with Gasteiger partial charge in [0.1, 0.15) is 0 Å². The lowest BCUT2D eigenvalue weighted by molar-refractivity contribution is 0.916. The van der Waals surface area contributed by atoms with Crippen LogP contribution in [0.4, 0.5) is 11.4 Å². The summed E-state index contributed by atoms with van der Waals surface area (Å²) in [6, 6.07) is 8.19. The Labute approximate surface area is 208 Å². The number of hydrogen-bond acceptors (Lipinski definition) is 1. The zero-order valence-electron chi connectivity index (χ0n) is 11.8. The molecule has 0 aliphatic rings. The average molecular weight is 842 g/mol. The van der Waals surface area contributed by atoms with Gasteiger partial charge in [0, 0.05) is 43.5 Å². The Balaban J connectivity index is 2.68. The molecule has 0 radical (unpaired) electrons. The highest BCUT2D eigenvalue weighted by Gasteiger charge is 2.23. The first-order valence-corrected chi connectivity index (χ1v) is 13.3. The lowest BCUT2D eigenvalue weighted by atomic mass is 10.2. The molecular formula is C15H9Br8N. The first-order chi connectivity index (χ1) is 11.2. The van der Waals surface area contributed by atoms with Gasteiger partial charge in [-0.3, -0.25) is 0 Å². The number of alkyl halides is 2. The van der Waals surface area contributed by atoms with Crippen LogP contribution in [0.2, 0.25) is 0 Å². The fourth-order valence-electron chi connectivity index (χ4n) is 2.13. The maximum atomic E-state index is 3.73. The zero-order chi connectivity index (χ0) is 18.0. The van der Waals surface area contributed by atoms with Crippen LogP contribution in [-0.2, 0) is 0 Å². The second kappa shape index (κ2) is 10.0. The Morgan fingerprint density at radius 2 is 1.04 bits per heavy atom. The molecule has 0 aliphatic carbocycles. The topological polar surface area (TPSA) is 3.24 Å². The van der Waals surface area contributed by atoms with Crippen molar-refractivity contribution >= 4 is 139 Å². The van der Waals surface area contributed by atoms with Crippen LogP contribution in [0, 0.1) is 0 Å². The van der Waals surface area contributed by atoms with Crippen LogP contribution in [-0.4, -0.2) is 16.7 Å². The second-order valence-corrected chi connectivity index (χ2v) is 12.0. The van der Waals surface area contributed by atoms with Gasteiger partial charge in [-0.05, 0) is 88.0 Å². The van der Waals surface area contributed by atoms with Crippen LogP contribution < -0.4 is 4.90 Å². The molecule has 9 heteroatoms. The highest BCUT2D eigenvalue weighted by molar-refractivity contribution is 9.12. The highest BCUT2D eigenvalue weighted by Crippen LogP contribution is 2.46. The molecule has 2 rings (SSSR count). The summed E-state index contributed by atoms with van der Waals surface area (Å²) in [5.74, 6) is 0. The van der Waals surface area contributed by atoms with E-state index in [2.05, 4.69) is 132 Å². The van der Waals surface area contributed by atoms with Gasteiger partial charge >= 0.3 is 0 Å². The Bertz CT molecular complexity index is 645.